The molecule has 2 rings (SSSR count). The second-order valence-electron chi connectivity index (χ2n) is 6.75. The van der Waals surface area contributed by atoms with Gasteiger partial charge in [0.15, 0.2) is 0 Å². The zero-order chi connectivity index (χ0) is 15.6. The maximum atomic E-state index is 2.39. The van der Waals surface area contributed by atoms with Crippen LogP contribution in [0.1, 0.15) is 80.1 Å². The second kappa shape index (κ2) is 10.4. The first-order valence-corrected chi connectivity index (χ1v) is 12.1. The van der Waals surface area contributed by atoms with Crippen LogP contribution in [-0.4, -0.2) is 0 Å². The molecule has 0 nitrogen and oxygen atoms in total. The fourth-order valence-electron chi connectivity index (χ4n) is 3.56. The van der Waals surface area contributed by atoms with E-state index in [-0.39, 0.29) is 24.8 Å². The molecule has 2 aliphatic carbocycles. The molecule has 0 amide bonds. The SMILES string of the molecule is CCCC1=[C]([Hf+2][C]2=C(CCC)CC(C)=C2C)C(C)=C(C)C1.[Cl-].[Cl-]. The van der Waals surface area contributed by atoms with Crippen molar-refractivity contribution in [3.63, 3.8) is 0 Å². The van der Waals surface area contributed by atoms with Crippen LogP contribution in [0.5, 0.6) is 0 Å². The van der Waals surface area contributed by atoms with E-state index in [0.29, 0.717) is 0 Å². The largest absolute Gasteiger partial charge is 1.00 e. The molecule has 0 heterocycles. The molecule has 0 N–H and O–H groups in total. The van der Waals surface area contributed by atoms with Crippen LogP contribution in [0.2, 0.25) is 0 Å². The van der Waals surface area contributed by atoms with Gasteiger partial charge in [0, 0.05) is 0 Å². The molecule has 0 bridgehead atoms. The molecule has 0 saturated heterocycles. The molecule has 0 saturated carbocycles. The van der Waals surface area contributed by atoms with Gasteiger partial charge in [-0.05, 0) is 0 Å². The van der Waals surface area contributed by atoms with Crippen LogP contribution >= 0.6 is 0 Å². The second-order valence-corrected chi connectivity index (χ2v) is 11.2. The summed E-state index contributed by atoms with van der Waals surface area (Å²) in [5.41, 5.74) is 10.2. The minimum absolute atomic E-state index is 0. The quantitative estimate of drug-likeness (QED) is 0.453. The molecular weight excluding hydrogens is 490 g/mol. The number of allylic oxidation sites excluding steroid dienone is 8. The van der Waals surface area contributed by atoms with Gasteiger partial charge < -0.3 is 24.8 Å². The molecule has 3 heteroatoms. The van der Waals surface area contributed by atoms with Crippen molar-refractivity contribution in [2.45, 2.75) is 80.1 Å². The summed E-state index contributed by atoms with van der Waals surface area (Å²) in [7, 11) is 0. The average molecular weight is 520 g/mol. The van der Waals surface area contributed by atoms with Crippen molar-refractivity contribution in [1.29, 1.82) is 0 Å². The van der Waals surface area contributed by atoms with E-state index in [1.54, 1.807) is 33.4 Å². The number of halogens is 2. The number of hydrogen-bond donors (Lipinski definition) is 0. The van der Waals surface area contributed by atoms with Gasteiger partial charge in [-0.2, -0.15) is 0 Å². The standard InChI is InChI=1S/2C10H15.2ClH.Hf/c2*1-4-5-10-6-8(2)9(3)7-10;;;/h2*4-6H2,1-3H3;2*1H;/q;;;;+2/p-2. The fraction of sp³-hybridized carbons (Fsp3) is 0.600. The first-order chi connectivity index (χ1) is 9.99. The van der Waals surface area contributed by atoms with Gasteiger partial charge in [0.2, 0.25) is 0 Å². The molecule has 0 aromatic carbocycles. The molecule has 0 aromatic heterocycles. The van der Waals surface area contributed by atoms with Crippen molar-refractivity contribution in [3.8, 4) is 0 Å². The Morgan fingerprint density at radius 2 is 1.04 bits per heavy atom. The van der Waals surface area contributed by atoms with Crippen molar-refractivity contribution < 1.29 is 47.7 Å². The van der Waals surface area contributed by atoms with Gasteiger partial charge in [0.05, 0.1) is 0 Å². The molecule has 0 radical (unpaired) electrons. The Kier molecular flexibility index (Phi) is 10.6. The van der Waals surface area contributed by atoms with Crippen molar-refractivity contribution >= 4 is 0 Å². The predicted octanol–water partition coefficient (Wildman–Crippen LogP) is 0.666. The summed E-state index contributed by atoms with van der Waals surface area (Å²) in [6, 6.07) is 0. The van der Waals surface area contributed by atoms with E-state index in [2.05, 4.69) is 41.5 Å². The Morgan fingerprint density at radius 3 is 1.35 bits per heavy atom. The summed E-state index contributed by atoms with van der Waals surface area (Å²) in [6.07, 6.45) is 7.82. The first-order valence-electron chi connectivity index (χ1n) is 8.54. The third-order valence-electron chi connectivity index (χ3n) is 5.05. The summed E-state index contributed by atoms with van der Waals surface area (Å²) >= 11 is -0.877. The molecule has 0 aliphatic heterocycles. The summed E-state index contributed by atoms with van der Waals surface area (Å²) < 4.78 is 3.74. The van der Waals surface area contributed by atoms with Gasteiger partial charge in [-0.3, -0.25) is 0 Å². The molecule has 128 valence electrons. The van der Waals surface area contributed by atoms with Gasteiger partial charge in [-0.25, -0.2) is 0 Å². The molecule has 2 aliphatic rings. The van der Waals surface area contributed by atoms with Crippen molar-refractivity contribution in [3.05, 3.63) is 40.1 Å². The minimum Gasteiger partial charge on any atom is -1.00 e. The molecule has 0 spiro atoms. The van der Waals surface area contributed by atoms with Crippen LogP contribution < -0.4 is 24.8 Å². The molecule has 23 heavy (non-hydrogen) atoms. The monoisotopic (exact) mass is 520 g/mol. The van der Waals surface area contributed by atoms with Crippen molar-refractivity contribution in [2.24, 2.45) is 0 Å². The van der Waals surface area contributed by atoms with Crippen LogP contribution in [0.15, 0.2) is 40.1 Å². The third-order valence-corrected chi connectivity index (χ3v) is 12.1. The van der Waals surface area contributed by atoms with E-state index >= 15 is 0 Å². The molecular formula is C20H30Cl2Hf. The topological polar surface area (TPSA) is 0 Å². The molecule has 0 atom stereocenters. The van der Waals surface area contributed by atoms with Crippen LogP contribution in [0.25, 0.3) is 0 Å². The van der Waals surface area contributed by atoms with E-state index < -0.39 is 22.9 Å². The number of hydrogen-bond acceptors (Lipinski definition) is 0. The fourth-order valence-corrected chi connectivity index (χ4v) is 10.1. The first kappa shape index (κ1) is 23.4. The van der Waals surface area contributed by atoms with Gasteiger partial charge in [0.1, 0.15) is 0 Å². The van der Waals surface area contributed by atoms with Gasteiger partial charge in [-0.15, -0.1) is 0 Å². The molecule has 0 fully saturated rings. The maximum Gasteiger partial charge on any atom is -1.00 e. The molecule has 0 unspecified atom stereocenters. The maximum absolute atomic E-state index is 2.39. The van der Waals surface area contributed by atoms with E-state index in [1.165, 1.54) is 38.5 Å². The zero-order valence-electron chi connectivity index (χ0n) is 15.5. The minimum atomic E-state index is -0.877. The Labute approximate surface area is 167 Å². The zero-order valence-corrected chi connectivity index (χ0v) is 20.6. The third kappa shape index (κ3) is 5.19. The normalized spacial score (nSPS) is 17.7. The van der Waals surface area contributed by atoms with E-state index in [0.717, 1.165) is 0 Å². The van der Waals surface area contributed by atoms with E-state index in [1.807, 2.05) is 6.66 Å². The van der Waals surface area contributed by atoms with Crippen molar-refractivity contribution in [1.82, 2.24) is 0 Å². The van der Waals surface area contributed by atoms with Crippen LogP contribution in [0.3, 0.4) is 0 Å². The van der Waals surface area contributed by atoms with Crippen LogP contribution in [-0.2, 0) is 22.9 Å². The molecule has 0 aromatic rings. The van der Waals surface area contributed by atoms with Gasteiger partial charge in [-0.1, -0.05) is 0 Å². The van der Waals surface area contributed by atoms with Gasteiger partial charge in [0.25, 0.3) is 0 Å². The van der Waals surface area contributed by atoms with Gasteiger partial charge >= 0.3 is 143 Å². The van der Waals surface area contributed by atoms with Crippen LogP contribution in [0, 0.1) is 0 Å². The Morgan fingerprint density at radius 1 is 0.696 bits per heavy atom. The summed E-state index contributed by atoms with van der Waals surface area (Å²) in [4.78, 5) is 0. The summed E-state index contributed by atoms with van der Waals surface area (Å²) in [6.45, 7) is 14.1. The summed E-state index contributed by atoms with van der Waals surface area (Å²) in [5, 5.41) is 0. The Hall–Kier alpha value is 0.410. The Balaban J connectivity index is 0.00000242. The van der Waals surface area contributed by atoms with E-state index in [9.17, 15) is 0 Å². The van der Waals surface area contributed by atoms with Crippen molar-refractivity contribution in [2.75, 3.05) is 0 Å². The van der Waals surface area contributed by atoms with Crippen LogP contribution in [0.4, 0.5) is 0 Å². The summed E-state index contributed by atoms with van der Waals surface area (Å²) in [5.74, 6) is 0. The van der Waals surface area contributed by atoms with E-state index in [4.69, 9.17) is 0 Å². The Bertz CT molecular complexity index is 512. The predicted molar refractivity (Wildman–Crippen MR) is 89.9 cm³/mol. The average Bonchev–Trinajstić information content (AvgIpc) is 2.85. The number of rotatable bonds is 6. The smallest absolute Gasteiger partial charge is 1.00 e.